The van der Waals surface area contributed by atoms with Crippen molar-refractivity contribution in [3.05, 3.63) is 57.6 Å². The van der Waals surface area contributed by atoms with Crippen LogP contribution in [0.5, 0.6) is 11.6 Å². The minimum absolute atomic E-state index is 0.0616. The second-order valence-corrected chi connectivity index (χ2v) is 7.35. The molecule has 3 aromatic heterocycles. The first-order valence-corrected chi connectivity index (χ1v) is 9.54. The van der Waals surface area contributed by atoms with Gasteiger partial charge in [-0.3, -0.25) is 9.78 Å². The molecule has 29 heavy (non-hydrogen) atoms. The molecular formula is C20H20ClN5O3. The van der Waals surface area contributed by atoms with Gasteiger partial charge < -0.3 is 9.47 Å². The lowest BCUT2D eigenvalue weighted by Gasteiger charge is -2.12. The first-order chi connectivity index (χ1) is 14.0. The smallest absolute Gasteiger partial charge is 0.285 e. The van der Waals surface area contributed by atoms with Gasteiger partial charge in [0.25, 0.3) is 5.56 Å². The summed E-state index contributed by atoms with van der Waals surface area (Å²) in [6.07, 6.45) is 5.84. The van der Waals surface area contributed by atoms with Gasteiger partial charge in [0.15, 0.2) is 0 Å². The van der Waals surface area contributed by atoms with E-state index in [4.69, 9.17) is 21.1 Å². The Labute approximate surface area is 172 Å². The number of rotatable bonds is 6. The maximum absolute atomic E-state index is 12.1. The Kier molecular flexibility index (Phi) is 5.19. The van der Waals surface area contributed by atoms with Crippen LogP contribution in [-0.2, 0) is 7.05 Å². The fraction of sp³-hybridized carbons (Fsp3) is 0.350. The standard InChI is InChI=1S/C20H20ClN5O3/c1-11-22-8-16(15-9-24-26(2)20(27)18(15)21)19(25-11)29-10-12-6-14(12)17-5-4-13(28-3)7-23-17/h4-5,7-9,12,14H,6,10H2,1-3H3. The number of ether oxygens (including phenoxy) is 2. The molecule has 1 fully saturated rings. The third-order valence-corrected chi connectivity index (χ3v) is 5.34. The molecule has 0 aliphatic heterocycles. The van der Waals surface area contributed by atoms with E-state index in [0.717, 1.165) is 17.9 Å². The summed E-state index contributed by atoms with van der Waals surface area (Å²) in [5, 5.41) is 4.10. The van der Waals surface area contributed by atoms with Crippen LogP contribution in [0.2, 0.25) is 5.02 Å². The van der Waals surface area contributed by atoms with Crippen LogP contribution in [0, 0.1) is 12.8 Å². The Morgan fingerprint density at radius 1 is 1.21 bits per heavy atom. The van der Waals surface area contributed by atoms with Gasteiger partial charge in [0.1, 0.15) is 16.6 Å². The summed E-state index contributed by atoms with van der Waals surface area (Å²) in [4.78, 5) is 25.2. The molecule has 0 bridgehead atoms. The van der Waals surface area contributed by atoms with E-state index in [1.165, 1.54) is 10.9 Å². The van der Waals surface area contributed by atoms with Crippen LogP contribution in [0.3, 0.4) is 0 Å². The van der Waals surface area contributed by atoms with Crippen molar-refractivity contribution < 1.29 is 9.47 Å². The lowest BCUT2D eigenvalue weighted by Crippen LogP contribution is -2.20. The first kappa shape index (κ1) is 19.3. The number of hydrogen-bond donors (Lipinski definition) is 0. The van der Waals surface area contributed by atoms with Crippen LogP contribution in [-0.4, -0.2) is 38.4 Å². The molecule has 0 spiro atoms. The molecule has 3 heterocycles. The molecule has 1 saturated carbocycles. The molecule has 2 atom stereocenters. The molecular weight excluding hydrogens is 394 g/mol. The molecule has 8 nitrogen and oxygen atoms in total. The summed E-state index contributed by atoms with van der Waals surface area (Å²) in [7, 11) is 3.16. The van der Waals surface area contributed by atoms with E-state index in [-0.39, 0.29) is 10.6 Å². The van der Waals surface area contributed by atoms with Crippen LogP contribution in [0.25, 0.3) is 11.1 Å². The second-order valence-electron chi connectivity index (χ2n) is 6.97. The van der Waals surface area contributed by atoms with E-state index >= 15 is 0 Å². The van der Waals surface area contributed by atoms with Gasteiger partial charge >= 0.3 is 0 Å². The minimum atomic E-state index is -0.386. The fourth-order valence-corrected chi connectivity index (χ4v) is 3.43. The van der Waals surface area contributed by atoms with Gasteiger partial charge in [0, 0.05) is 36.3 Å². The first-order valence-electron chi connectivity index (χ1n) is 9.16. The van der Waals surface area contributed by atoms with E-state index in [2.05, 4.69) is 20.1 Å². The molecule has 1 aliphatic carbocycles. The van der Waals surface area contributed by atoms with Crippen molar-refractivity contribution in [2.24, 2.45) is 13.0 Å². The molecule has 0 saturated heterocycles. The summed E-state index contributed by atoms with van der Waals surface area (Å²) in [5.41, 5.74) is 1.64. The van der Waals surface area contributed by atoms with Gasteiger partial charge in [-0.05, 0) is 25.5 Å². The number of hydrogen-bond acceptors (Lipinski definition) is 7. The van der Waals surface area contributed by atoms with Gasteiger partial charge in [-0.2, -0.15) is 10.1 Å². The summed E-state index contributed by atoms with van der Waals surface area (Å²) < 4.78 is 12.4. The Morgan fingerprint density at radius 2 is 2.03 bits per heavy atom. The van der Waals surface area contributed by atoms with Crippen LogP contribution in [0.15, 0.2) is 35.5 Å². The van der Waals surface area contributed by atoms with Gasteiger partial charge in [-0.25, -0.2) is 9.67 Å². The highest BCUT2D eigenvalue weighted by Crippen LogP contribution is 2.47. The zero-order valence-electron chi connectivity index (χ0n) is 16.3. The van der Waals surface area contributed by atoms with Crippen LogP contribution in [0.1, 0.15) is 23.9 Å². The average molecular weight is 414 g/mol. The molecule has 150 valence electrons. The lowest BCUT2D eigenvalue weighted by atomic mass is 10.1. The maximum Gasteiger partial charge on any atom is 0.285 e. The molecule has 1 aliphatic rings. The van der Waals surface area contributed by atoms with Crippen molar-refractivity contribution in [1.82, 2.24) is 24.7 Å². The highest BCUT2D eigenvalue weighted by atomic mass is 35.5. The van der Waals surface area contributed by atoms with E-state index in [1.807, 2.05) is 12.1 Å². The van der Waals surface area contributed by atoms with Gasteiger partial charge in [0.05, 0.1) is 31.7 Å². The fourth-order valence-electron chi connectivity index (χ4n) is 3.15. The molecule has 4 rings (SSSR count). The quantitative estimate of drug-likeness (QED) is 0.613. The number of halogens is 1. The molecule has 0 aromatic carbocycles. The monoisotopic (exact) mass is 413 g/mol. The zero-order chi connectivity index (χ0) is 20.5. The van der Waals surface area contributed by atoms with Crippen molar-refractivity contribution in [3.8, 4) is 22.8 Å². The molecule has 0 amide bonds. The largest absolute Gasteiger partial charge is 0.495 e. The predicted octanol–water partition coefficient (Wildman–Crippen LogP) is 2.79. The number of pyridine rings is 1. The third-order valence-electron chi connectivity index (χ3n) is 4.97. The summed E-state index contributed by atoms with van der Waals surface area (Å²) in [5.74, 6) is 2.39. The van der Waals surface area contributed by atoms with Crippen molar-refractivity contribution in [3.63, 3.8) is 0 Å². The molecule has 0 N–H and O–H groups in total. The van der Waals surface area contributed by atoms with Crippen LogP contribution < -0.4 is 15.0 Å². The van der Waals surface area contributed by atoms with Crippen molar-refractivity contribution in [2.45, 2.75) is 19.3 Å². The molecule has 3 aromatic rings. The van der Waals surface area contributed by atoms with Gasteiger partial charge in [0.2, 0.25) is 5.88 Å². The van der Waals surface area contributed by atoms with E-state index in [9.17, 15) is 4.79 Å². The highest BCUT2D eigenvalue weighted by Gasteiger charge is 2.40. The summed E-state index contributed by atoms with van der Waals surface area (Å²) in [6, 6.07) is 3.89. The Hall–Kier alpha value is -3.00. The van der Waals surface area contributed by atoms with Crippen molar-refractivity contribution in [2.75, 3.05) is 13.7 Å². The van der Waals surface area contributed by atoms with E-state index < -0.39 is 0 Å². The summed E-state index contributed by atoms with van der Waals surface area (Å²) in [6.45, 7) is 2.26. The minimum Gasteiger partial charge on any atom is -0.495 e. The number of methoxy groups -OCH3 is 1. The molecule has 0 radical (unpaired) electrons. The average Bonchev–Trinajstić information content (AvgIpc) is 3.51. The third kappa shape index (κ3) is 3.93. The topological polar surface area (TPSA) is 92.0 Å². The van der Waals surface area contributed by atoms with E-state index in [1.54, 1.807) is 33.5 Å². The maximum atomic E-state index is 12.1. The van der Waals surface area contributed by atoms with Gasteiger partial charge in [-0.1, -0.05) is 11.6 Å². The highest BCUT2D eigenvalue weighted by molar-refractivity contribution is 6.33. The van der Waals surface area contributed by atoms with E-state index in [0.29, 0.717) is 41.3 Å². The Balaban J connectivity index is 1.52. The lowest BCUT2D eigenvalue weighted by molar-refractivity contribution is 0.285. The van der Waals surface area contributed by atoms with Crippen LogP contribution in [0.4, 0.5) is 0 Å². The Morgan fingerprint density at radius 3 is 2.76 bits per heavy atom. The SMILES string of the molecule is COc1ccc(C2CC2COc2nc(C)ncc2-c2cnn(C)c(=O)c2Cl)nc1. The Bertz CT molecular complexity index is 1100. The second kappa shape index (κ2) is 7.79. The van der Waals surface area contributed by atoms with Crippen molar-refractivity contribution >= 4 is 11.6 Å². The van der Waals surface area contributed by atoms with Crippen LogP contribution >= 0.6 is 11.6 Å². The normalized spacial score (nSPS) is 17.8. The zero-order valence-corrected chi connectivity index (χ0v) is 17.1. The molecule has 9 heteroatoms. The number of aryl methyl sites for hydroxylation is 2. The summed E-state index contributed by atoms with van der Waals surface area (Å²) >= 11 is 6.24. The number of aromatic nitrogens is 5. The number of nitrogens with zero attached hydrogens (tertiary/aromatic N) is 5. The predicted molar refractivity (Wildman–Crippen MR) is 107 cm³/mol. The van der Waals surface area contributed by atoms with Crippen molar-refractivity contribution in [1.29, 1.82) is 0 Å². The van der Waals surface area contributed by atoms with Gasteiger partial charge in [-0.15, -0.1) is 0 Å². The molecule has 2 unspecified atom stereocenters.